The third kappa shape index (κ3) is 2.91. The van der Waals surface area contributed by atoms with Crippen molar-refractivity contribution in [3.8, 4) is 0 Å². The summed E-state index contributed by atoms with van der Waals surface area (Å²) in [4.78, 5) is 25.5. The Hall–Kier alpha value is -1.78. The lowest BCUT2D eigenvalue weighted by atomic mass is 10.0. The molecule has 1 aromatic rings. The van der Waals surface area contributed by atoms with Crippen molar-refractivity contribution in [1.82, 2.24) is 4.98 Å². The Balaban J connectivity index is 1.99. The predicted octanol–water partition coefficient (Wildman–Crippen LogP) is 2.54. The van der Waals surface area contributed by atoms with E-state index in [1.54, 1.807) is 13.0 Å². The molecule has 0 atom stereocenters. The van der Waals surface area contributed by atoms with Crippen LogP contribution in [0.1, 0.15) is 48.3 Å². The molecule has 1 aliphatic rings. The minimum atomic E-state index is -1.06. The van der Waals surface area contributed by atoms with E-state index >= 15 is 0 Å². The van der Waals surface area contributed by atoms with Crippen molar-refractivity contribution in [2.24, 2.45) is 5.92 Å². The number of carbonyl (C=O) groups excluding carboxylic acids is 1. The van der Waals surface area contributed by atoms with Crippen LogP contribution >= 0.6 is 0 Å². The lowest BCUT2D eigenvalue weighted by molar-refractivity contribution is -0.117. The fourth-order valence-electron chi connectivity index (χ4n) is 2.53. The maximum absolute atomic E-state index is 11.8. The van der Waals surface area contributed by atoms with Gasteiger partial charge in [0.2, 0.25) is 5.91 Å². The summed E-state index contributed by atoms with van der Waals surface area (Å²) in [6.45, 7) is 1.76. The number of carboxylic acids is 1. The Morgan fingerprint density at radius 3 is 2.72 bits per heavy atom. The first-order valence-electron chi connectivity index (χ1n) is 6.29. The van der Waals surface area contributed by atoms with E-state index in [2.05, 4.69) is 10.3 Å². The zero-order chi connectivity index (χ0) is 13.1. The molecule has 1 aliphatic carbocycles. The number of amides is 1. The molecule has 0 saturated heterocycles. The zero-order valence-electron chi connectivity index (χ0n) is 10.5. The maximum atomic E-state index is 11.8. The Morgan fingerprint density at radius 1 is 1.44 bits per heavy atom. The molecule has 0 aliphatic heterocycles. The molecule has 0 spiro atoms. The van der Waals surface area contributed by atoms with E-state index in [-0.39, 0.29) is 11.6 Å². The van der Waals surface area contributed by atoms with Gasteiger partial charge in [-0.3, -0.25) is 4.79 Å². The standard InChI is InChI=1S/C13H18N2O3/c1-8-6-10(12(14-8)13(17)18)15-11(16)7-9-4-2-3-5-9/h6,9,14H,2-5,7H2,1H3,(H,15,16)(H,17,18). The first-order valence-corrected chi connectivity index (χ1v) is 6.29. The lowest BCUT2D eigenvalue weighted by Gasteiger charge is -2.09. The lowest BCUT2D eigenvalue weighted by Crippen LogP contribution is -2.16. The van der Waals surface area contributed by atoms with Gasteiger partial charge >= 0.3 is 5.97 Å². The molecule has 1 fully saturated rings. The summed E-state index contributed by atoms with van der Waals surface area (Å²) in [6.07, 6.45) is 5.09. The van der Waals surface area contributed by atoms with E-state index in [9.17, 15) is 9.59 Å². The van der Waals surface area contributed by atoms with Gasteiger partial charge < -0.3 is 15.4 Å². The summed E-state index contributed by atoms with van der Waals surface area (Å²) in [5.41, 5.74) is 1.14. The summed E-state index contributed by atoms with van der Waals surface area (Å²) in [7, 11) is 0. The molecule has 1 amide bonds. The van der Waals surface area contributed by atoms with Crippen LogP contribution in [0.25, 0.3) is 0 Å². The van der Waals surface area contributed by atoms with E-state index in [4.69, 9.17) is 5.11 Å². The van der Waals surface area contributed by atoms with E-state index in [0.717, 1.165) is 18.5 Å². The van der Waals surface area contributed by atoms with Crippen LogP contribution in [0.4, 0.5) is 5.69 Å². The van der Waals surface area contributed by atoms with Crippen molar-refractivity contribution < 1.29 is 14.7 Å². The normalized spacial score (nSPS) is 15.8. The summed E-state index contributed by atoms with van der Waals surface area (Å²) >= 11 is 0. The van der Waals surface area contributed by atoms with E-state index in [1.807, 2.05) is 0 Å². The minimum absolute atomic E-state index is 0.0484. The summed E-state index contributed by atoms with van der Waals surface area (Å²) in [6, 6.07) is 1.65. The molecule has 0 bridgehead atoms. The molecule has 18 heavy (non-hydrogen) atoms. The molecule has 98 valence electrons. The fraction of sp³-hybridized carbons (Fsp3) is 0.538. The third-order valence-electron chi connectivity index (χ3n) is 3.39. The highest BCUT2D eigenvalue weighted by molar-refractivity contribution is 5.99. The van der Waals surface area contributed by atoms with Gasteiger partial charge in [0.25, 0.3) is 0 Å². The maximum Gasteiger partial charge on any atom is 0.354 e. The van der Waals surface area contributed by atoms with Gasteiger partial charge in [-0.25, -0.2) is 4.79 Å². The second-order valence-corrected chi connectivity index (χ2v) is 4.95. The first-order chi connectivity index (χ1) is 8.56. The van der Waals surface area contributed by atoms with Crippen LogP contribution in [0, 0.1) is 12.8 Å². The van der Waals surface area contributed by atoms with Crippen molar-refractivity contribution in [3.63, 3.8) is 0 Å². The van der Waals surface area contributed by atoms with Gasteiger partial charge in [0.1, 0.15) is 5.69 Å². The Morgan fingerprint density at radius 2 is 2.11 bits per heavy atom. The predicted molar refractivity (Wildman–Crippen MR) is 67.7 cm³/mol. The van der Waals surface area contributed by atoms with Crippen molar-refractivity contribution in [1.29, 1.82) is 0 Å². The molecule has 5 heteroatoms. The molecule has 1 saturated carbocycles. The van der Waals surface area contributed by atoms with Crippen LogP contribution in [0.3, 0.4) is 0 Å². The van der Waals surface area contributed by atoms with E-state index in [1.165, 1.54) is 12.8 Å². The Bertz CT molecular complexity index is 459. The van der Waals surface area contributed by atoms with Crippen LogP contribution in [0.15, 0.2) is 6.07 Å². The number of aromatic amines is 1. The van der Waals surface area contributed by atoms with Gasteiger partial charge in [0.05, 0.1) is 5.69 Å². The number of nitrogens with one attached hydrogen (secondary N) is 2. The number of carboxylic acid groups (broad SMARTS) is 1. The molecule has 1 heterocycles. The van der Waals surface area contributed by atoms with Crippen LogP contribution in [-0.2, 0) is 4.79 Å². The first kappa shape index (κ1) is 12.7. The monoisotopic (exact) mass is 250 g/mol. The highest BCUT2D eigenvalue weighted by Crippen LogP contribution is 2.28. The zero-order valence-corrected chi connectivity index (χ0v) is 10.5. The van der Waals surface area contributed by atoms with Gasteiger partial charge in [0, 0.05) is 12.1 Å². The number of H-pyrrole nitrogens is 1. The average molecular weight is 250 g/mol. The number of anilines is 1. The number of hydrogen-bond donors (Lipinski definition) is 3. The average Bonchev–Trinajstić information content (AvgIpc) is 2.88. The van der Waals surface area contributed by atoms with Crippen molar-refractivity contribution in [2.45, 2.75) is 39.0 Å². The number of rotatable bonds is 4. The summed E-state index contributed by atoms with van der Waals surface area (Å²) in [5.74, 6) is -0.694. The molecule has 0 aromatic carbocycles. The number of aromatic carboxylic acids is 1. The van der Waals surface area contributed by atoms with Crippen LogP contribution in [0.5, 0.6) is 0 Å². The number of aryl methyl sites for hydroxylation is 1. The van der Waals surface area contributed by atoms with Crippen LogP contribution < -0.4 is 5.32 Å². The number of hydrogen-bond acceptors (Lipinski definition) is 2. The number of aromatic nitrogens is 1. The number of carbonyl (C=O) groups is 2. The largest absolute Gasteiger partial charge is 0.477 e. The third-order valence-corrected chi connectivity index (χ3v) is 3.39. The van der Waals surface area contributed by atoms with Crippen molar-refractivity contribution >= 4 is 17.6 Å². The Labute approximate surface area is 106 Å². The molecular formula is C13H18N2O3. The molecule has 1 aromatic heterocycles. The topological polar surface area (TPSA) is 82.2 Å². The molecule has 2 rings (SSSR count). The highest BCUT2D eigenvalue weighted by atomic mass is 16.4. The smallest absolute Gasteiger partial charge is 0.354 e. The Kier molecular flexibility index (Phi) is 3.69. The van der Waals surface area contributed by atoms with Crippen molar-refractivity contribution in [2.75, 3.05) is 5.32 Å². The molecule has 3 N–H and O–H groups in total. The molecule has 0 unspecified atom stereocenters. The minimum Gasteiger partial charge on any atom is -0.477 e. The SMILES string of the molecule is Cc1cc(NC(=O)CC2CCCC2)c(C(=O)O)[nH]1. The van der Waals surface area contributed by atoms with Crippen LogP contribution in [-0.4, -0.2) is 22.0 Å². The molecule has 0 radical (unpaired) electrons. The van der Waals surface area contributed by atoms with Gasteiger partial charge in [-0.05, 0) is 31.7 Å². The van der Waals surface area contributed by atoms with Gasteiger partial charge in [-0.2, -0.15) is 0 Å². The molecule has 5 nitrogen and oxygen atoms in total. The van der Waals surface area contributed by atoms with E-state index in [0.29, 0.717) is 18.0 Å². The second-order valence-electron chi connectivity index (χ2n) is 4.95. The summed E-state index contributed by atoms with van der Waals surface area (Å²) in [5, 5.41) is 11.7. The second kappa shape index (κ2) is 5.25. The van der Waals surface area contributed by atoms with Gasteiger partial charge in [0.15, 0.2) is 0 Å². The van der Waals surface area contributed by atoms with Gasteiger partial charge in [-0.15, -0.1) is 0 Å². The highest BCUT2D eigenvalue weighted by Gasteiger charge is 2.20. The van der Waals surface area contributed by atoms with E-state index < -0.39 is 5.97 Å². The van der Waals surface area contributed by atoms with Crippen LogP contribution in [0.2, 0.25) is 0 Å². The van der Waals surface area contributed by atoms with Gasteiger partial charge in [-0.1, -0.05) is 12.8 Å². The molecular weight excluding hydrogens is 232 g/mol. The van der Waals surface area contributed by atoms with Crippen molar-refractivity contribution in [3.05, 3.63) is 17.5 Å². The summed E-state index contributed by atoms with van der Waals surface area (Å²) < 4.78 is 0. The fourth-order valence-corrected chi connectivity index (χ4v) is 2.53. The quantitative estimate of drug-likeness (QED) is 0.768.